The Morgan fingerprint density at radius 2 is 2.10 bits per heavy atom. The number of nitrogens with one attached hydrogen (secondary N) is 2. The van der Waals surface area contributed by atoms with Crippen LogP contribution in [-0.4, -0.2) is 32.5 Å². The lowest BCUT2D eigenvalue weighted by molar-refractivity contribution is -0.385. The Kier molecular flexibility index (Phi) is 4.86. The zero-order chi connectivity index (χ0) is 15.5. The fraction of sp³-hybridized carbons (Fsp3) is 0.500. The van der Waals surface area contributed by atoms with Crippen molar-refractivity contribution in [3.63, 3.8) is 0 Å². The van der Waals surface area contributed by atoms with Crippen LogP contribution in [0.2, 0.25) is 0 Å². The van der Waals surface area contributed by atoms with Gasteiger partial charge in [0.05, 0.1) is 11.0 Å². The second-order valence-corrected chi connectivity index (χ2v) is 6.55. The molecule has 1 fully saturated rings. The normalized spacial score (nSPS) is 20.0. The minimum atomic E-state index is -4.02. The molecule has 0 saturated carbocycles. The predicted octanol–water partition coefficient (Wildman–Crippen LogP) is 1.15. The van der Waals surface area contributed by atoms with E-state index < -0.39 is 31.3 Å². The number of sulfonamides is 1. The van der Waals surface area contributed by atoms with E-state index in [9.17, 15) is 22.9 Å². The molecular formula is C12H16FN3O4S. The van der Waals surface area contributed by atoms with Crippen molar-refractivity contribution in [3.8, 4) is 0 Å². The lowest BCUT2D eigenvalue weighted by Crippen LogP contribution is -2.35. The first-order valence-electron chi connectivity index (χ1n) is 6.57. The van der Waals surface area contributed by atoms with Crippen LogP contribution in [0.3, 0.4) is 0 Å². The van der Waals surface area contributed by atoms with Crippen LogP contribution in [0.1, 0.15) is 19.3 Å². The molecule has 1 atom stereocenters. The summed E-state index contributed by atoms with van der Waals surface area (Å²) in [5, 5.41) is 13.7. The van der Waals surface area contributed by atoms with Gasteiger partial charge in [-0.05, 0) is 38.4 Å². The molecule has 0 amide bonds. The van der Waals surface area contributed by atoms with E-state index in [0.29, 0.717) is 25.5 Å². The maximum absolute atomic E-state index is 13.8. The highest BCUT2D eigenvalue weighted by Crippen LogP contribution is 2.21. The van der Waals surface area contributed by atoms with Gasteiger partial charge in [0.1, 0.15) is 10.7 Å². The van der Waals surface area contributed by atoms with E-state index in [2.05, 4.69) is 10.0 Å². The molecular weight excluding hydrogens is 301 g/mol. The molecule has 1 aromatic carbocycles. The molecule has 116 valence electrons. The third kappa shape index (κ3) is 3.96. The van der Waals surface area contributed by atoms with E-state index in [0.717, 1.165) is 25.1 Å². The van der Waals surface area contributed by atoms with Crippen LogP contribution in [0.25, 0.3) is 0 Å². The second-order valence-electron chi connectivity index (χ2n) is 4.87. The Labute approximate surface area is 121 Å². The Balaban J connectivity index is 2.20. The first kappa shape index (κ1) is 15.8. The zero-order valence-electron chi connectivity index (χ0n) is 11.2. The average molecular weight is 317 g/mol. The van der Waals surface area contributed by atoms with E-state index in [1.165, 1.54) is 0 Å². The molecule has 0 aromatic heterocycles. The van der Waals surface area contributed by atoms with E-state index in [1.807, 2.05) is 0 Å². The van der Waals surface area contributed by atoms with Gasteiger partial charge in [-0.3, -0.25) is 10.1 Å². The van der Waals surface area contributed by atoms with Gasteiger partial charge in [0.15, 0.2) is 0 Å². The van der Waals surface area contributed by atoms with Gasteiger partial charge in [-0.15, -0.1) is 0 Å². The molecule has 2 rings (SSSR count). The van der Waals surface area contributed by atoms with E-state index >= 15 is 0 Å². The second kappa shape index (κ2) is 6.46. The minimum Gasteiger partial charge on any atom is -0.317 e. The maximum atomic E-state index is 13.8. The molecule has 1 aromatic rings. The molecule has 0 radical (unpaired) electrons. The summed E-state index contributed by atoms with van der Waals surface area (Å²) in [6.45, 7) is 1.51. The fourth-order valence-corrected chi connectivity index (χ4v) is 3.61. The van der Waals surface area contributed by atoms with Crippen LogP contribution in [0.4, 0.5) is 10.1 Å². The van der Waals surface area contributed by atoms with Crippen LogP contribution in [0, 0.1) is 15.9 Å². The number of nitro groups is 1. The van der Waals surface area contributed by atoms with Crippen molar-refractivity contribution in [2.24, 2.45) is 0 Å². The van der Waals surface area contributed by atoms with Crippen LogP contribution in [0.5, 0.6) is 0 Å². The van der Waals surface area contributed by atoms with Crippen molar-refractivity contribution in [3.05, 3.63) is 34.1 Å². The molecule has 1 unspecified atom stereocenters. The van der Waals surface area contributed by atoms with E-state index in [1.54, 1.807) is 0 Å². The summed E-state index contributed by atoms with van der Waals surface area (Å²) in [4.78, 5) is 9.20. The largest absolute Gasteiger partial charge is 0.317 e. The SMILES string of the molecule is O=[N+]([O-])c1ccc(S(=O)(=O)NC2CCCNCC2)c(F)c1. The number of nitrogens with zero attached hydrogens (tertiary/aromatic N) is 1. The average Bonchev–Trinajstić information content (AvgIpc) is 2.66. The summed E-state index contributed by atoms with van der Waals surface area (Å²) in [5.41, 5.74) is -0.481. The van der Waals surface area contributed by atoms with Gasteiger partial charge < -0.3 is 5.32 Å². The molecule has 9 heteroatoms. The standard InChI is InChI=1S/C12H16FN3O4S/c13-11-8-10(16(17)18)3-4-12(11)21(19,20)15-9-2-1-6-14-7-5-9/h3-4,8-9,14-15H,1-2,5-7H2. The first-order chi connectivity index (χ1) is 9.90. The molecule has 1 saturated heterocycles. The van der Waals surface area contributed by atoms with Gasteiger partial charge in [0.25, 0.3) is 5.69 Å². The summed E-state index contributed by atoms with van der Waals surface area (Å²) < 4.78 is 40.6. The summed E-state index contributed by atoms with van der Waals surface area (Å²) >= 11 is 0. The number of non-ortho nitro benzene ring substituents is 1. The Bertz CT molecular complexity index is 627. The highest BCUT2D eigenvalue weighted by molar-refractivity contribution is 7.89. The Hall–Kier alpha value is -1.58. The number of benzene rings is 1. The third-order valence-electron chi connectivity index (χ3n) is 3.31. The number of hydrogen-bond acceptors (Lipinski definition) is 5. The van der Waals surface area contributed by atoms with Crippen molar-refractivity contribution < 1.29 is 17.7 Å². The first-order valence-corrected chi connectivity index (χ1v) is 8.05. The van der Waals surface area contributed by atoms with Crippen LogP contribution >= 0.6 is 0 Å². The highest BCUT2D eigenvalue weighted by Gasteiger charge is 2.25. The van der Waals surface area contributed by atoms with Gasteiger partial charge in [-0.25, -0.2) is 17.5 Å². The predicted molar refractivity (Wildman–Crippen MR) is 73.9 cm³/mol. The molecule has 1 aliphatic rings. The molecule has 2 N–H and O–H groups in total. The minimum absolute atomic E-state index is 0.264. The van der Waals surface area contributed by atoms with Crippen LogP contribution in [0.15, 0.2) is 23.1 Å². The summed E-state index contributed by atoms with van der Waals surface area (Å²) in [7, 11) is -4.02. The van der Waals surface area contributed by atoms with Crippen LogP contribution in [-0.2, 0) is 10.0 Å². The van der Waals surface area contributed by atoms with Crippen LogP contribution < -0.4 is 10.0 Å². The van der Waals surface area contributed by atoms with Gasteiger partial charge in [-0.2, -0.15) is 0 Å². The summed E-state index contributed by atoms with van der Waals surface area (Å²) in [6, 6.07) is 2.25. The van der Waals surface area contributed by atoms with E-state index in [-0.39, 0.29) is 6.04 Å². The molecule has 0 bridgehead atoms. The maximum Gasteiger partial charge on any atom is 0.272 e. The number of halogens is 1. The monoisotopic (exact) mass is 317 g/mol. The van der Waals surface area contributed by atoms with Gasteiger partial charge in [0, 0.05) is 12.1 Å². The van der Waals surface area contributed by atoms with Crippen molar-refractivity contribution in [1.82, 2.24) is 10.0 Å². The van der Waals surface area contributed by atoms with E-state index in [4.69, 9.17) is 0 Å². The quantitative estimate of drug-likeness (QED) is 0.641. The molecule has 0 spiro atoms. The van der Waals surface area contributed by atoms with Crippen molar-refractivity contribution in [1.29, 1.82) is 0 Å². The molecule has 1 heterocycles. The van der Waals surface area contributed by atoms with Gasteiger partial charge in [0.2, 0.25) is 10.0 Å². The van der Waals surface area contributed by atoms with Crippen molar-refractivity contribution in [2.75, 3.05) is 13.1 Å². The topological polar surface area (TPSA) is 101 Å². The molecule has 7 nitrogen and oxygen atoms in total. The van der Waals surface area contributed by atoms with Gasteiger partial charge >= 0.3 is 0 Å². The number of rotatable bonds is 4. The third-order valence-corrected chi connectivity index (χ3v) is 4.87. The number of nitro benzene ring substituents is 1. The van der Waals surface area contributed by atoms with Crippen molar-refractivity contribution in [2.45, 2.75) is 30.2 Å². The molecule has 21 heavy (non-hydrogen) atoms. The number of hydrogen-bond donors (Lipinski definition) is 2. The lowest BCUT2D eigenvalue weighted by Gasteiger charge is -2.16. The Morgan fingerprint density at radius 1 is 1.33 bits per heavy atom. The zero-order valence-corrected chi connectivity index (χ0v) is 12.0. The van der Waals surface area contributed by atoms with Gasteiger partial charge in [-0.1, -0.05) is 0 Å². The lowest BCUT2D eigenvalue weighted by atomic mass is 10.1. The smallest absolute Gasteiger partial charge is 0.272 e. The highest BCUT2D eigenvalue weighted by atomic mass is 32.2. The summed E-state index contributed by atoms with van der Waals surface area (Å²) in [6.07, 6.45) is 2.12. The fourth-order valence-electron chi connectivity index (χ4n) is 2.24. The Morgan fingerprint density at radius 3 is 2.76 bits per heavy atom. The molecule has 0 aliphatic carbocycles. The summed E-state index contributed by atoms with van der Waals surface area (Å²) in [5.74, 6) is -1.12. The molecule has 1 aliphatic heterocycles. The van der Waals surface area contributed by atoms with Crippen molar-refractivity contribution >= 4 is 15.7 Å².